The number of nitrogens with one attached hydrogen (secondary N) is 2. The molecule has 3 atom stereocenters. The van der Waals surface area contributed by atoms with Gasteiger partial charge in [0.25, 0.3) is 11.8 Å². The molecule has 0 bridgehead atoms. The van der Waals surface area contributed by atoms with Crippen LogP contribution in [0.25, 0.3) is 0 Å². The Hall–Kier alpha value is -4.74. The Morgan fingerprint density at radius 2 is 1.98 bits per heavy atom. The number of aromatic hydroxyl groups is 1. The molecule has 1 unspecified atom stereocenters. The topological polar surface area (TPSA) is 294 Å². The number of aromatic nitrogens is 5. The Labute approximate surface area is 260 Å². The molecule has 7 N–H and O–H groups in total. The van der Waals surface area contributed by atoms with Crippen molar-refractivity contribution < 1.29 is 37.7 Å². The number of nitrogens with zero attached hydrogens (tertiary/aromatic N) is 6. The first-order valence-electron chi connectivity index (χ1n) is 12.5. The van der Waals surface area contributed by atoms with Crippen LogP contribution < -0.4 is 27.6 Å². The Bertz CT molecular complexity index is 1970. The standard InChI is InChI=1S/C22H25N9O11S3/c1-8(2)16(10-4-12(32)13(33)5-30(10)38)42-28-14(9-6-43-21(23)24-9)17(34)25-15-11(31(20(15)37)45(39,40)41)7-44-22-26-18(35)19(36)27-29(22)3/h4-6,8,11,15-16,33,38H,7H2,1-3H3,(H2,23,24)(H,25,34)(H,27,36)(H,39,40,41)/b28-14-/t11-,15+,16?/m1/s1. The zero-order valence-corrected chi connectivity index (χ0v) is 25.8. The molecule has 1 aliphatic heterocycles. The average molecular weight is 688 g/mol. The molecule has 0 spiro atoms. The predicted molar refractivity (Wildman–Crippen MR) is 156 cm³/mol. The summed E-state index contributed by atoms with van der Waals surface area (Å²) in [5, 5.41) is 29.6. The molecule has 1 aliphatic rings. The van der Waals surface area contributed by atoms with Gasteiger partial charge in [-0.3, -0.25) is 38.3 Å². The van der Waals surface area contributed by atoms with Crippen LogP contribution >= 0.6 is 23.1 Å². The lowest BCUT2D eigenvalue weighted by Gasteiger charge is -2.43. The molecule has 23 heteroatoms. The van der Waals surface area contributed by atoms with E-state index in [9.17, 15) is 47.3 Å². The maximum Gasteiger partial charge on any atom is 0.362 e. The van der Waals surface area contributed by atoms with Gasteiger partial charge in [0.05, 0.1) is 12.2 Å². The van der Waals surface area contributed by atoms with Crippen molar-refractivity contribution in [1.29, 1.82) is 0 Å². The van der Waals surface area contributed by atoms with E-state index in [0.717, 1.165) is 40.0 Å². The average Bonchev–Trinajstić information content (AvgIpc) is 3.36. The molecule has 3 aromatic rings. The number of oxime groups is 1. The van der Waals surface area contributed by atoms with Crippen LogP contribution in [0.2, 0.25) is 0 Å². The monoisotopic (exact) mass is 687 g/mol. The van der Waals surface area contributed by atoms with Crippen molar-refractivity contribution in [2.45, 2.75) is 37.2 Å². The van der Waals surface area contributed by atoms with Gasteiger partial charge in [0, 0.05) is 24.2 Å². The summed E-state index contributed by atoms with van der Waals surface area (Å²) in [4.78, 5) is 74.6. The van der Waals surface area contributed by atoms with Crippen molar-refractivity contribution in [2.24, 2.45) is 18.1 Å². The Morgan fingerprint density at radius 3 is 2.58 bits per heavy atom. The third kappa shape index (κ3) is 7.00. The van der Waals surface area contributed by atoms with E-state index in [4.69, 9.17) is 10.6 Å². The number of carbonyl (C=O) groups is 2. The molecular formula is C22H25N9O11S3. The molecule has 0 radical (unpaired) electrons. The number of hydrogen-bond donors (Lipinski definition) is 6. The number of nitrogens with two attached hydrogens (primary N) is 1. The van der Waals surface area contributed by atoms with Crippen LogP contribution in [0.4, 0.5) is 5.13 Å². The van der Waals surface area contributed by atoms with E-state index in [1.54, 1.807) is 13.8 Å². The van der Waals surface area contributed by atoms with Crippen molar-refractivity contribution in [3.05, 3.63) is 60.0 Å². The van der Waals surface area contributed by atoms with Gasteiger partial charge in [0.1, 0.15) is 17.4 Å². The third-order valence-electron chi connectivity index (χ3n) is 6.21. The number of carbonyl (C=O) groups excluding carboxylic acids is 2. The van der Waals surface area contributed by atoms with Crippen LogP contribution in [-0.2, 0) is 31.8 Å². The van der Waals surface area contributed by atoms with Gasteiger partial charge >= 0.3 is 21.4 Å². The molecule has 4 heterocycles. The first-order chi connectivity index (χ1) is 21.0. The maximum atomic E-state index is 13.5. The number of nitrogen functional groups attached to an aromatic ring is 1. The molecular weight excluding hydrogens is 662 g/mol. The van der Waals surface area contributed by atoms with Crippen LogP contribution in [0.3, 0.4) is 0 Å². The highest BCUT2D eigenvalue weighted by molar-refractivity contribution is 7.99. The van der Waals surface area contributed by atoms with Gasteiger partial charge in [0.2, 0.25) is 5.43 Å². The van der Waals surface area contributed by atoms with Gasteiger partial charge < -0.3 is 26.2 Å². The van der Waals surface area contributed by atoms with Crippen molar-refractivity contribution in [3.8, 4) is 5.75 Å². The fraction of sp³-hybridized carbons (Fsp3) is 0.364. The second-order valence-corrected chi connectivity index (χ2v) is 12.9. The number of pyridine rings is 1. The minimum atomic E-state index is -5.08. The quantitative estimate of drug-likeness (QED) is 0.0242. The Kier molecular flexibility index (Phi) is 9.36. The molecule has 0 aromatic carbocycles. The van der Waals surface area contributed by atoms with E-state index in [1.807, 2.05) is 0 Å². The van der Waals surface area contributed by atoms with Gasteiger partial charge in [-0.25, -0.2) is 9.29 Å². The number of aryl methyl sites for hydroxylation is 1. The lowest BCUT2D eigenvalue weighted by atomic mass is 10.0. The highest BCUT2D eigenvalue weighted by Crippen LogP contribution is 2.29. The van der Waals surface area contributed by atoms with E-state index in [2.05, 4.69) is 25.5 Å². The van der Waals surface area contributed by atoms with E-state index in [0.29, 0.717) is 4.73 Å². The Morgan fingerprint density at radius 1 is 1.29 bits per heavy atom. The number of thiazole rings is 1. The molecule has 1 fully saturated rings. The van der Waals surface area contributed by atoms with Gasteiger partial charge in [0.15, 0.2) is 27.9 Å². The number of H-pyrrole nitrogens is 1. The number of thioether (sulfide) groups is 1. The zero-order valence-electron chi connectivity index (χ0n) is 23.3. The minimum Gasteiger partial charge on any atom is -0.503 e. The molecule has 4 rings (SSSR count). The number of hydrogen-bond acceptors (Lipinski definition) is 16. The van der Waals surface area contributed by atoms with Gasteiger partial charge in [-0.15, -0.1) is 11.3 Å². The van der Waals surface area contributed by atoms with Gasteiger partial charge in [-0.05, 0) is 5.92 Å². The normalized spacial score (nSPS) is 17.7. The second-order valence-electron chi connectivity index (χ2n) is 9.71. The van der Waals surface area contributed by atoms with Crippen molar-refractivity contribution >= 4 is 56.1 Å². The van der Waals surface area contributed by atoms with Crippen LogP contribution in [-0.4, -0.2) is 87.4 Å². The molecule has 2 amide bonds. The molecule has 20 nitrogen and oxygen atoms in total. The Balaban J connectivity index is 1.64. The molecule has 45 heavy (non-hydrogen) atoms. The predicted octanol–water partition coefficient (Wildman–Crippen LogP) is -1.98. The smallest absolute Gasteiger partial charge is 0.362 e. The maximum absolute atomic E-state index is 13.5. The van der Waals surface area contributed by atoms with Crippen molar-refractivity contribution in [3.63, 3.8) is 0 Å². The van der Waals surface area contributed by atoms with Crippen molar-refractivity contribution in [1.82, 2.24) is 34.1 Å². The molecule has 242 valence electrons. The molecule has 0 saturated carbocycles. The van der Waals surface area contributed by atoms with Crippen LogP contribution in [0.5, 0.6) is 5.75 Å². The van der Waals surface area contributed by atoms with E-state index in [-0.39, 0.29) is 31.7 Å². The number of anilines is 1. The second kappa shape index (κ2) is 12.7. The summed E-state index contributed by atoms with van der Waals surface area (Å²) in [6, 6.07) is -2.03. The van der Waals surface area contributed by atoms with Crippen LogP contribution in [0.15, 0.2) is 42.3 Å². The largest absolute Gasteiger partial charge is 0.503 e. The summed E-state index contributed by atoms with van der Waals surface area (Å²) in [6.07, 6.45) is -0.417. The van der Waals surface area contributed by atoms with E-state index >= 15 is 0 Å². The molecule has 3 aromatic heterocycles. The summed E-state index contributed by atoms with van der Waals surface area (Å²) < 4.78 is 35.2. The first-order valence-corrected chi connectivity index (χ1v) is 15.8. The third-order valence-corrected chi connectivity index (χ3v) is 8.96. The summed E-state index contributed by atoms with van der Waals surface area (Å²) in [5.74, 6) is -3.84. The fourth-order valence-corrected chi connectivity index (χ4v) is 6.62. The number of aromatic amines is 1. The van der Waals surface area contributed by atoms with E-state index < -0.39 is 74.2 Å². The fourth-order valence-electron chi connectivity index (χ4n) is 4.05. The van der Waals surface area contributed by atoms with Gasteiger partial charge in [-0.1, -0.05) is 30.8 Å². The summed E-state index contributed by atoms with van der Waals surface area (Å²) in [7, 11) is -3.73. The summed E-state index contributed by atoms with van der Waals surface area (Å²) in [5.41, 5.74) is 1.99. The highest BCUT2D eigenvalue weighted by Gasteiger charge is 2.54. The number of amides is 2. The van der Waals surface area contributed by atoms with Gasteiger partial charge in [-0.2, -0.15) is 18.1 Å². The van der Waals surface area contributed by atoms with Crippen LogP contribution in [0, 0.1) is 5.92 Å². The molecule has 1 saturated heterocycles. The zero-order chi connectivity index (χ0) is 33.4. The lowest BCUT2D eigenvalue weighted by Crippen LogP contribution is -2.73. The van der Waals surface area contributed by atoms with Crippen LogP contribution in [0.1, 0.15) is 31.3 Å². The lowest BCUT2D eigenvalue weighted by molar-refractivity contribution is -0.143. The highest BCUT2D eigenvalue weighted by atomic mass is 32.2. The summed E-state index contributed by atoms with van der Waals surface area (Å²) in [6.45, 7) is 3.29. The van der Waals surface area contributed by atoms with Crippen molar-refractivity contribution in [2.75, 3.05) is 11.5 Å². The summed E-state index contributed by atoms with van der Waals surface area (Å²) >= 11 is 1.67. The molecule has 0 aliphatic carbocycles. The number of rotatable bonds is 11. The van der Waals surface area contributed by atoms with E-state index in [1.165, 1.54) is 12.4 Å². The minimum absolute atomic E-state index is 0.0270. The SMILES string of the molecule is CC(C)C(O/N=C(\C(=O)N[C@@H]1C(=O)N(S(=O)(=O)O)[C@@H]1CSc1nc(=O)c(=O)[nH]n1C)c1csc(N)n1)c1cc(=O)c(O)cn1O. The first kappa shape index (κ1) is 33.2. The number of β-lactam (4-membered cyclic amide) rings is 1.